The second kappa shape index (κ2) is 7.50. The van der Waals surface area contributed by atoms with Crippen molar-refractivity contribution in [3.8, 4) is 0 Å². The van der Waals surface area contributed by atoms with Crippen LogP contribution in [0, 0.1) is 10.1 Å². The number of hydrogen-bond acceptors (Lipinski definition) is 5. The van der Waals surface area contributed by atoms with Gasteiger partial charge in [0.05, 0.1) is 10.7 Å². The first kappa shape index (κ1) is 16.8. The Bertz CT molecular complexity index is 637. The molecule has 21 heavy (non-hydrogen) atoms. The van der Waals surface area contributed by atoms with Crippen molar-refractivity contribution in [2.75, 3.05) is 12.3 Å². The molecule has 0 aliphatic rings. The maximum absolute atomic E-state index is 11.4. The van der Waals surface area contributed by atoms with E-state index in [1.807, 2.05) is 0 Å². The summed E-state index contributed by atoms with van der Waals surface area (Å²) in [6.07, 6.45) is 2.99. The van der Waals surface area contributed by atoms with E-state index in [9.17, 15) is 23.3 Å². The Morgan fingerprint density at radius 1 is 1.33 bits per heavy atom. The number of hydrogen-bond donors (Lipinski definition) is 2. The van der Waals surface area contributed by atoms with Gasteiger partial charge in [0, 0.05) is 24.8 Å². The van der Waals surface area contributed by atoms with Crippen LogP contribution in [0.5, 0.6) is 0 Å². The zero-order valence-electron chi connectivity index (χ0n) is 11.1. The summed E-state index contributed by atoms with van der Waals surface area (Å²) < 4.78 is 21.3. The molecule has 3 N–H and O–H groups in total. The molecule has 0 fully saturated rings. The van der Waals surface area contributed by atoms with Crippen molar-refractivity contribution in [2.24, 2.45) is 5.14 Å². The van der Waals surface area contributed by atoms with Crippen LogP contribution >= 0.6 is 0 Å². The van der Waals surface area contributed by atoms with E-state index in [1.54, 1.807) is 0 Å². The molecule has 0 atom stereocenters. The zero-order valence-corrected chi connectivity index (χ0v) is 11.9. The van der Waals surface area contributed by atoms with Gasteiger partial charge in [0.1, 0.15) is 0 Å². The van der Waals surface area contributed by atoms with Crippen LogP contribution in [0.4, 0.5) is 5.69 Å². The topological polar surface area (TPSA) is 132 Å². The molecule has 0 bridgehead atoms. The number of amides is 1. The van der Waals surface area contributed by atoms with Crippen molar-refractivity contribution in [1.82, 2.24) is 5.32 Å². The Morgan fingerprint density at radius 3 is 2.48 bits per heavy atom. The number of nitrogens with two attached hydrogens (primary N) is 1. The lowest BCUT2D eigenvalue weighted by molar-refractivity contribution is -0.384. The molecular formula is C12H15N3O5S. The predicted molar refractivity (Wildman–Crippen MR) is 77.7 cm³/mol. The van der Waals surface area contributed by atoms with Gasteiger partial charge < -0.3 is 5.32 Å². The van der Waals surface area contributed by atoms with E-state index in [0.717, 1.165) is 0 Å². The van der Waals surface area contributed by atoms with Gasteiger partial charge >= 0.3 is 0 Å². The molecule has 0 aliphatic carbocycles. The predicted octanol–water partition coefficient (Wildman–Crippen LogP) is 0.403. The summed E-state index contributed by atoms with van der Waals surface area (Å²) >= 11 is 0. The van der Waals surface area contributed by atoms with Crippen LogP contribution in [0.3, 0.4) is 0 Å². The highest BCUT2D eigenvalue weighted by molar-refractivity contribution is 7.89. The van der Waals surface area contributed by atoms with E-state index in [-0.39, 0.29) is 30.3 Å². The quantitative estimate of drug-likeness (QED) is 0.325. The molecule has 0 aromatic heterocycles. The molecule has 8 nitrogen and oxygen atoms in total. The lowest BCUT2D eigenvalue weighted by Crippen LogP contribution is -2.25. The van der Waals surface area contributed by atoms with Crippen molar-refractivity contribution in [3.05, 3.63) is 46.0 Å². The molecule has 0 saturated heterocycles. The highest BCUT2D eigenvalue weighted by atomic mass is 32.2. The first-order valence-electron chi connectivity index (χ1n) is 5.99. The van der Waals surface area contributed by atoms with Crippen molar-refractivity contribution in [2.45, 2.75) is 6.42 Å². The van der Waals surface area contributed by atoms with E-state index in [1.165, 1.54) is 36.4 Å². The van der Waals surface area contributed by atoms with Gasteiger partial charge in [0.15, 0.2) is 0 Å². The van der Waals surface area contributed by atoms with Gasteiger partial charge in [0.25, 0.3) is 5.69 Å². The smallest absolute Gasteiger partial charge is 0.269 e. The largest absolute Gasteiger partial charge is 0.353 e. The zero-order chi connectivity index (χ0) is 15.9. The molecule has 0 aliphatic heterocycles. The monoisotopic (exact) mass is 313 g/mol. The number of carbonyl (C=O) groups is 1. The van der Waals surface area contributed by atoms with E-state index < -0.39 is 14.9 Å². The van der Waals surface area contributed by atoms with Gasteiger partial charge in [-0.05, 0) is 30.2 Å². The molecule has 0 saturated carbocycles. The summed E-state index contributed by atoms with van der Waals surface area (Å²) in [7, 11) is -3.51. The van der Waals surface area contributed by atoms with Crippen LogP contribution in [0.2, 0.25) is 0 Å². The first-order valence-corrected chi connectivity index (χ1v) is 7.70. The van der Waals surface area contributed by atoms with Crippen LogP contribution in [0.1, 0.15) is 12.0 Å². The number of sulfonamides is 1. The fourth-order valence-corrected chi connectivity index (χ4v) is 1.97. The highest BCUT2D eigenvalue weighted by Gasteiger charge is 2.04. The maximum atomic E-state index is 11.4. The lowest BCUT2D eigenvalue weighted by Gasteiger charge is -2.01. The number of nitrogens with zero attached hydrogens (tertiary/aromatic N) is 1. The molecule has 0 spiro atoms. The van der Waals surface area contributed by atoms with Crippen LogP contribution in [-0.2, 0) is 14.8 Å². The van der Waals surface area contributed by atoms with E-state index in [4.69, 9.17) is 5.14 Å². The molecule has 0 radical (unpaired) electrons. The summed E-state index contributed by atoms with van der Waals surface area (Å²) in [6, 6.07) is 5.71. The van der Waals surface area contributed by atoms with Crippen molar-refractivity contribution < 1.29 is 18.1 Å². The number of nitrogens with one attached hydrogen (secondary N) is 1. The fourth-order valence-electron chi connectivity index (χ4n) is 1.42. The molecule has 114 valence electrons. The van der Waals surface area contributed by atoms with Gasteiger partial charge in [-0.15, -0.1) is 0 Å². The molecular weight excluding hydrogens is 298 g/mol. The summed E-state index contributed by atoms with van der Waals surface area (Å²) in [6.45, 7) is 0.194. The Balaban J connectivity index is 2.41. The maximum Gasteiger partial charge on any atom is 0.269 e. The van der Waals surface area contributed by atoms with E-state index in [0.29, 0.717) is 5.56 Å². The molecule has 1 aromatic carbocycles. The number of nitro benzene ring substituents is 1. The van der Waals surface area contributed by atoms with E-state index >= 15 is 0 Å². The van der Waals surface area contributed by atoms with Crippen LogP contribution in [0.25, 0.3) is 6.08 Å². The number of non-ortho nitro benzene ring substituents is 1. The average Bonchev–Trinajstić information content (AvgIpc) is 2.41. The number of carbonyl (C=O) groups excluding carboxylic acids is 1. The molecule has 9 heteroatoms. The molecule has 0 unspecified atom stereocenters. The normalized spacial score (nSPS) is 11.5. The Labute approximate surface area is 121 Å². The van der Waals surface area contributed by atoms with Gasteiger partial charge in [-0.3, -0.25) is 14.9 Å². The molecule has 0 heterocycles. The minimum atomic E-state index is -3.51. The van der Waals surface area contributed by atoms with Gasteiger partial charge in [-0.1, -0.05) is 0 Å². The number of nitro groups is 1. The van der Waals surface area contributed by atoms with Crippen molar-refractivity contribution >= 4 is 27.7 Å². The average molecular weight is 313 g/mol. The summed E-state index contributed by atoms with van der Waals surface area (Å²) in [5.41, 5.74) is 0.611. The summed E-state index contributed by atoms with van der Waals surface area (Å²) in [4.78, 5) is 21.4. The Kier molecular flexibility index (Phi) is 6.00. The summed E-state index contributed by atoms with van der Waals surface area (Å²) in [5, 5.41) is 17.8. The standard InChI is InChI=1S/C12H15N3O5S/c13-21(19,20)9-1-8-14-12(16)7-4-10-2-5-11(6-3-10)15(17)18/h2-7H,1,8-9H2,(H,14,16)(H2,13,19,20)/b7-4+. The van der Waals surface area contributed by atoms with Crippen LogP contribution in [-0.4, -0.2) is 31.5 Å². The Morgan fingerprint density at radius 2 is 1.95 bits per heavy atom. The molecule has 1 aromatic rings. The molecule has 1 amide bonds. The van der Waals surface area contributed by atoms with Gasteiger partial charge in [-0.2, -0.15) is 0 Å². The minimum Gasteiger partial charge on any atom is -0.353 e. The SMILES string of the molecule is NS(=O)(=O)CCCNC(=O)/C=C/c1ccc([N+](=O)[O-])cc1. The Hall–Kier alpha value is -2.26. The van der Waals surface area contributed by atoms with Gasteiger partial charge in [0.2, 0.25) is 15.9 Å². The third-order valence-corrected chi connectivity index (χ3v) is 3.29. The van der Waals surface area contributed by atoms with Crippen molar-refractivity contribution in [1.29, 1.82) is 0 Å². The lowest BCUT2D eigenvalue weighted by atomic mass is 10.2. The van der Waals surface area contributed by atoms with Crippen LogP contribution < -0.4 is 10.5 Å². The van der Waals surface area contributed by atoms with E-state index in [2.05, 4.69) is 5.32 Å². The van der Waals surface area contributed by atoms with Crippen molar-refractivity contribution in [3.63, 3.8) is 0 Å². The third kappa shape index (κ3) is 7.18. The highest BCUT2D eigenvalue weighted by Crippen LogP contribution is 2.12. The minimum absolute atomic E-state index is 0.0282. The first-order chi connectivity index (χ1) is 9.78. The second-order valence-electron chi connectivity index (χ2n) is 4.19. The van der Waals surface area contributed by atoms with Gasteiger partial charge in [-0.25, -0.2) is 13.6 Å². The number of primary sulfonamides is 1. The second-order valence-corrected chi connectivity index (χ2v) is 5.93. The number of rotatable bonds is 7. The fraction of sp³-hybridized carbons (Fsp3) is 0.250. The third-order valence-electron chi connectivity index (χ3n) is 2.44. The summed E-state index contributed by atoms with van der Waals surface area (Å²) in [5.74, 6) is -0.581. The number of benzene rings is 1. The van der Waals surface area contributed by atoms with Crippen LogP contribution in [0.15, 0.2) is 30.3 Å². The molecule has 1 rings (SSSR count).